The molecule has 0 aromatic carbocycles. The van der Waals surface area contributed by atoms with E-state index >= 15 is 0 Å². The standard InChI is InChI=1S/C17H16O7/c1-21-14-11(7-23-16(14)19)5-9-3-4-10(13(9)18)6-12-8-24-17(20)15(12)22-2/h5-8,14-15H,3-4H2,1-2H3/b9-5+,10-6+. The van der Waals surface area contributed by atoms with Gasteiger partial charge in [0.05, 0.1) is 0 Å². The van der Waals surface area contributed by atoms with Crippen LogP contribution in [0.15, 0.2) is 47.0 Å². The summed E-state index contributed by atoms with van der Waals surface area (Å²) in [7, 11) is 2.81. The summed E-state index contributed by atoms with van der Waals surface area (Å²) >= 11 is 0. The van der Waals surface area contributed by atoms with Gasteiger partial charge in [-0.05, 0) is 25.0 Å². The van der Waals surface area contributed by atoms with Gasteiger partial charge in [0.25, 0.3) is 0 Å². The van der Waals surface area contributed by atoms with Crippen LogP contribution in [0.5, 0.6) is 0 Å². The molecule has 126 valence electrons. The van der Waals surface area contributed by atoms with Crippen LogP contribution in [0.3, 0.4) is 0 Å². The molecule has 2 aliphatic heterocycles. The predicted molar refractivity (Wildman–Crippen MR) is 80.4 cm³/mol. The maximum Gasteiger partial charge on any atom is 0.344 e. The molecule has 7 heteroatoms. The number of ether oxygens (including phenoxy) is 4. The van der Waals surface area contributed by atoms with E-state index in [1.807, 2.05) is 0 Å². The van der Waals surface area contributed by atoms with Crippen LogP contribution in [0, 0.1) is 0 Å². The molecule has 1 fully saturated rings. The number of carbonyl (C=O) groups is 3. The molecule has 2 atom stereocenters. The maximum absolute atomic E-state index is 12.5. The zero-order valence-electron chi connectivity index (χ0n) is 13.2. The highest BCUT2D eigenvalue weighted by Gasteiger charge is 2.33. The van der Waals surface area contributed by atoms with Gasteiger partial charge in [-0.25, -0.2) is 9.59 Å². The molecule has 2 unspecified atom stereocenters. The Morgan fingerprint density at radius 1 is 0.875 bits per heavy atom. The number of Topliss-reactive ketones (excluding diaryl/α,β-unsaturated/α-hetero) is 1. The van der Waals surface area contributed by atoms with Crippen LogP contribution in [0.25, 0.3) is 0 Å². The number of cyclic esters (lactones) is 2. The second-order valence-corrected chi connectivity index (χ2v) is 5.51. The number of ketones is 1. The number of hydrogen-bond acceptors (Lipinski definition) is 7. The van der Waals surface area contributed by atoms with Crippen molar-refractivity contribution >= 4 is 17.7 Å². The molecule has 0 spiro atoms. The second kappa shape index (κ2) is 6.54. The lowest BCUT2D eigenvalue weighted by Gasteiger charge is -2.06. The van der Waals surface area contributed by atoms with Gasteiger partial charge in [-0.2, -0.15) is 0 Å². The van der Waals surface area contributed by atoms with Crippen LogP contribution in [-0.2, 0) is 33.3 Å². The largest absolute Gasteiger partial charge is 0.432 e. The Morgan fingerprint density at radius 2 is 1.29 bits per heavy atom. The summed E-state index contributed by atoms with van der Waals surface area (Å²) in [5, 5.41) is 0. The Bertz CT molecular complexity index is 663. The van der Waals surface area contributed by atoms with Gasteiger partial charge < -0.3 is 18.9 Å². The Hall–Kier alpha value is -2.51. The van der Waals surface area contributed by atoms with E-state index in [-0.39, 0.29) is 5.78 Å². The first-order valence-electron chi connectivity index (χ1n) is 7.37. The van der Waals surface area contributed by atoms with Crippen molar-refractivity contribution in [3.63, 3.8) is 0 Å². The minimum atomic E-state index is -0.806. The van der Waals surface area contributed by atoms with Gasteiger partial charge in [0.15, 0.2) is 18.0 Å². The van der Waals surface area contributed by atoms with Crippen molar-refractivity contribution in [2.45, 2.75) is 25.0 Å². The number of methoxy groups -OCH3 is 2. The van der Waals surface area contributed by atoms with Crippen molar-refractivity contribution in [1.82, 2.24) is 0 Å². The van der Waals surface area contributed by atoms with E-state index in [1.165, 1.54) is 26.7 Å². The Kier molecular flexibility index (Phi) is 4.46. The molecule has 3 rings (SSSR count). The number of carbonyl (C=O) groups excluding carboxylic acids is 3. The van der Waals surface area contributed by atoms with E-state index in [1.54, 1.807) is 12.2 Å². The summed E-state index contributed by atoms with van der Waals surface area (Å²) in [6.45, 7) is 0. The van der Waals surface area contributed by atoms with Crippen LogP contribution in [0.2, 0.25) is 0 Å². The van der Waals surface area contributed by atoms with Crippen LogP contribution >= 0.6 is 0 Å². The molecule has 1 saturated carbocycles. The molecule has 0 amide bonds. The molecule has 0 aromatic heterocycles. The molecule has 0 bridgehead atoms. The number of hydrogen-bond donors (Lipinski definition) is 0. The molecular formula is C17H16O7. The number of rotatable bonds is 4. The van der Waals surface area contributed by atoms with Crippen LogP contribution in [0.1, 0.15) is 12.8 Å². The maximum atomic E-state index is 12.5. The Labute approximate surface area is 138 Å². The molecule has 0 saturated heterocycles. The first-order valence-corrected chi connectivity index (χ1v) is 7.37. The smallest absolute Gasteiger partial charge is 0.344 e. The SMILES string of the molecule is COC1C(=O)OC=C1/C=C1\CC/C(=C\C2=COC(=O)C2OC)C1=O. The van der Waals surface area contributed by atoms with Crippen molar-refractivity contribution in [2.24, 2.45) is 0 Å². The summed E-state index contributed by atoms with van der Waals surface area (Å²) in [5.41, 5.74) is 2.15. The summed E-state index contributed by atoms with van der Waals surface area (Å²) in [4.78, 5) is 35.5. The summed E-state index contributed by atoms with van der Waals surface area (Å²) in [5.74, 6) is -1.14. The summed E-state index contributed by atoms with van der Waals surface area (Å²) in [6.07, 6.45) is 5.30. The quantitative estimate of drug-likeness (QED) is 0.563. The molecule has 0 radical (unpaired) electrons. The van der Waals surface area contributed by atoms with Gasteiger partial charge in [-0.1, -0.05) is 0 Å². The third kappa shape index (κ3) is 2.83. The van der Waals surface area contributed by atoms with Crippen LogP contribution in [-0.4, -0.2) is 44.1 Å². The van der Waals surface area contributed by atoms with Gasteiger partial charge in [-0.3, -0.25) is 4.79 Å². The first-order chi connectivity index (χ1) is 11.5. The van der Waals surface area contributed by atoms with Crippen molar-refractivity contribution in [3.05, 3.63) is 47.0 Å². The van der Waals surface area contributed by atoms with E-state index in [0.717, 1.165) is 0 Å². The molecule has 0 N–H and O–H groups in total. The number of allylic oxidation sites excluding steroid dienone is 2. The topological polar surface area (TPSA) is 88.1 Å². The third-order valence-corrected chi connectivity index (χ3v) is 4.06. The fourth-order valence-electron chi connectivity index (χ4n) is 2.84. The van der Waals surface area contributed by atoms with E-state index in [0.29, 0.717) is 35.1 Å². The predicted octanol–water partition coefficient (Wildman–Crippen LogP) is 1.11. The molecule has 0 aromatic rings. The molecular weight excluding hydrogens is 316 g/mol. The van der Waals surface area contributed by atoms with Gasteiger partial charge in [0.2, 0.25) is 0 Å². The Morgan fingerprint density at radius 3 is 1.67 bits per heavy atom. The van der Waals surface area contributed by atoms with Crippen molar-refractivity contribution in [1.29, 1.82) is 0 Å². The fourth-order valence-corrected chi connectivity index (χ4v) is 2.84. The van der Waals surface area contributed by atoms with Gasteiger partial charge >= 0.3 is 11.9 Å². The normalized spacial score (nSPS) is 30.0. The monoisotopic (exact) mass is 332 g/mol. The average molecular weight is 332 g/mol. The molecule has 1 aliphatic carbocycles. The first kappa shape index (κ1) is 16.4. The van der Waals surface area contributed by atoms with E-state index in [2.05, 4.69) is 0 Å². The molecule has 7 nitrogen and oxygen atoms in total. The molecule has 24 heavy (non-hydrogen) atoms. The minimum absolute atomic E-state index is 0.139. The number of esters is 2. The zero-order chi connectivity index (χ0) is 17.3. The average Bonchev–Trinajstić information content (AvgIpc) is 3.21. The zero-order valence-corrected chi connectivity index (χ0v) is 13.2. The summed E-state index contributed by atoms with van der Waals surface area (Å²) in [6, 6.07) is 0. The van der Waals surface area contributed by atoms with Crippen LogP contribution in [0.4, 0.5) is 0 Å². The highest BCUT2D eigenvalue weighted by molar-refractivity contribution is 6.11. The molecule has 2 heterocycles. The van der Waals surface area contributed by atoms with Gasteiger partial charge in [0, 0.05) is 36.5 Å². The van der Waals surface area contributed by atoms with Crippen molar-refractivity contribution in [3.8, 4) is 0 Å². The van der Waals surface area contributed by atoms with Crippen molar-refractivity contribution < 1.29 is 33.3 Å². The lowest BCUT2D eigenvalue weighted by Crippen LogP contribution is -2.20. The molecule has 3 aliphatic rings. The fraction of sp³-hybridized carbons (Fsp3) is 0.353. The van der Waals surface area contributed by atoms with Gasteiger partial charge in [-0.15, -0.1) is 0 Å². The highest BCUT2D eigenvalue weighted by Crippen LogP contribution is 2.31. The Balaban J connectivity index is 1.79. The van der Waals surface area contributed by atoms with E-state index < -0.39 is 24.1 Å². The second-order valence-electron chi connectivity index (χ2n) is 5.51. The highest BCUT2D eigenvalue weighted by atomic mass is 16.6. The van der Waals surface area contributed by atoms with E-state index in [9.17, 15) is 14.4 Å². The third-order valence-electron chi connectivity index (χ3n) is 4.06. The van der Waals surface area contributed by atoms with Crippen molar-refractivity contribution in [2.75, 3.05) is 14.2 Å². The van der Waals surface area contributed by atoms with Crippen LogP contribution < -0.4 is 0 Å². The lowest BCUT2D eigenvalue weighted by atomic mass is 10.0. The minimum Gasteiger partial charge on any atom is -0.432 e. The summed E-state index contributed by atoms with van der Waals surface area (Å²) < 4.78 is 19.8. The van der Waals surface area contributed by atoms with Gasteiger partial charge in [0.1, 0.15) is 12.5 Å². The van der Waals surface area contributed by atoms with E-state index in [4.69, 9.17) is 18.9 Å². The lowest BCUT2D eigenvalue weighted by molar-refractivity contribution is -0.144.